The average Bonchev–Trinajstić information content (AvgIpc) is 2.34. The van der Waals surface area contributed by atoms with Gasteiger partial charge in [-0.05, 0) is 37.4 Å². The van der Waals surface area contributed by atoms with Crippen molar-refractivity contribution in [1.29, 1.82) is 0 Å². The Labute approximate surface area is 111 Å². The Kier molecular flexibility index (Phi) is 4.47. The van der Waals surface area contributed by atoms with E-state index in [1.165, 1.54) is 12.5 Å². The molecular formula is C14H18F2N2O. The Morgan fingerprint density at radius 1 is 1.42 bits per heavy atom. The summed E-state index contributed by atoms with van der Waals surface area (Å²) in [4.78, 5) is 13.8. The molecule has 0 aliphatic carbocycles. The molecule has 1 atom stereocenters. The summed E-state index contributed by atoms with van der Waals surface area (Å²) in [6.45, 7) is 4.03. The second-order valence-electron chi connectivity index (χ2n) is 5.13. The van der Waals surface area contributed by atoms with Crippen molar-refractivity contribution in [3.63, 3.8) is 0 Å². The molecule has 5 heteroatoms. The molecule has 1 N–H and O–H groups in total. The van der Waals surface area contributed by atoms with Gasteiger partial charge in [-0.3, -0.25) is 9.69 Å². The monoisotopic (exact) mass is 268 g/mol. The molecule has 19 heavy (non-hydrogen) atoms. The number of likely N-dealkylation sites (tertiary alicyclic amines) is 1. The van der Waals surface area contributed by atoms with Gasteiger partial charge in [-0.15, -0.1) is 0 Å². The molecule has 1 aromatic rings. The van der Waals surface area contributed by atoms with Crippen LogP contribution in [0.25, 0.3) is 0 Å². The fourth-order valence-corrected chi connectivity index (χ4v) is 2.43. The van der Waals surface area contributed by atoms with Crippen molar-refractivity contribution < 1.29 is 13.6 Å². The molecule has 0 spiro atoms. The predicted molar refractivity (Wildman–Crippen MR) is 69.8 cm³/mol. The number of amides is 1. The van der Waals surface area contributed by atoms with Crippen LogP contribution >= 0.6 is 0 Å². The number of nitrogens with one attached hydrogen (secondary N) is 1. The summed E-state index contributed by atoms with van der Waals surface area (Å²) in [6.07, 6.45) is 2.22. The first-order chi connectivity index (χ1) is 9.06. The zero-order chi connectivity index (χ0) is 13.8. The van der Waals surface area contributed by atoms with Gasteiger partial charge in [0, 0.05) is 6.54 Å². The summed E-state index contributed by atoms with van der Waals surface area (Å²) in [5.41, 5.74) is -0.363. The minimum absolute atomic E-state index is 0.179. The highest BCUT2D eigenvalue weighted by molar-refractivity contribution is 5.92. The fourth-order valence-electron chi connectivity index (χ4n) is 2.43. The Bertz CT molecular complexity index is 445. The van der Waals surface area contributed by atoms with Crippen LogP contribution < -0.4 is 5.32 Å². The van der Waals surface area contributed by atoms with Gasteiger partial charge in [0.25, 0.3) is 0 Å². The lowest BCUT2D eigenvalue weighted by Gasteiger charge is -2.30. The van der Waals surface area contributed by atoms with Crippen LogP contribution in [-0.2, 0) is 4.79 Å². The van der Waals surface area contributed by atoms with Gasteiger partial charge in [0.05, 0.1) is 6.54 Å². The Morgan fingerprint density at radius 2 is 2.11 bits per heavy atom. The second-order valence-corrected chi connectivity index (χ2v) is 5.13. The van der Waals surface area contributed by atoms with Crippen LogP contribution in [0.5, 0.6) is 0 Å². The number of para-hydroxylation sites is 1. The molecule has 3 nitrogen and oxygen atoms in total. The number of carbonyl (C=O) groups is 1. The van der Waals surface area contributed by atoms with E-state index in [9.17, 15) is 13.6 Å². The van der Waals surface area contributed by atoms with Crippen molar-refractivity contribution in [2.75, 3.05) is 25.0 Å². The number of rotatable bonds is 3. The first-order valence-electron chi connectivity index (χ1n) is 6.52. The normalized spacial score (nSPS) is 20.3. The van der Waals surface area contributed by atoms with E-state index in [1.54, 1.807) is 0 Å². The molecule has 1 heterocycles. The predicted octanol–water partition coefficient (Wildman–Crippen LogP) is 2.64. The van der Waals surface area contributed by atoms with Crippen molar-refractivity contribution in [1.82, 2.24) is 4.90 Å². The molecule has 104 valence electrons. The Balaban J connectivity index is 1.94. The molecule has 1 fully saturated rings. The number of hydrogen-bond donors (Lipinski definition) is 1. The summed E-state index contributed by atoms with van der Waals surface area (Å²) in [7, 11) is 0. The highest BCUT2D eigenvalue weighted by Crippen LogP contribution is 2.19. The van der Waals surface area contributed by atoms with E-state index >= 15 is 0 Å². The SMILES string of the molecule is CC1CCCN(CC(=O)Nc2c(F)cccc2F)C1. The molecule has 0 bridgehead atoms. The van der Waals surface area contributed by atoms with E-state index in [2.05, 4.69) is 12.2 Å². The number of halogens is 2. The first-order valence-corrected chi connectivity index (χ1v) is 6.52. The van der Waals surface area contributed by atoms with Gasteiger partial charge in [0.1, 0.15) is 17.3 Å². The van der Waals surface area contributed by atoms with Crippen molar-refractivity contribution in [2.45, 2.75) is 19.8 Å². The number of anilines is 1. The summed E-state index contributed by atoms with van der Waals surface area (Å²) in [5, 5.41) is 2.31. The van der Waals surface area contributed by atoms with E-state index in [4.69, 9.17) is 0 Å². The highest BCUT2D eigenvalue weighted by Gasteiger charge is 2.19. The third-order valence-electron chi connectivity index (χ3n) is 3.34. The zero-order valence-corrected chi connectivity index (χ0v) is 11.0. The van der Waals surface area contributed by atoms with E-state index in [0.717, 1.165) is 31.6 Å². The van der Waals surface area contributed by atoms with Crippen molar-refractivity contribution in [2.24, 2.45) is 5.92 Å². The van der Waals surface area contributed by atoms with Crippen LogP contribution in [-0.4, -0.2) is 30.4 Å². The van der Waals surface area contributed by atoms with Crippen LogP contribution in [0.3, 0.4) is 0 Å². The van der Waals surface area contributed by atoms with Crippen molar-refractivity contribution in [3.8, 4) is 0 Å². The second kappa shape index (κ2) is 6.10. The minimum atomic E-state index is -0.750. The number of carbonyl (C=O) groups excluding carboxylic acids is 1. The lowest BCUT2D eigenvalue weighted by atomic mass is 10.0. The lowest BCUT2D eigenvalue weighted by Crippen LogP contribution is -2.39. The standard InChI is InChI=1S/C14H18F2N2O/c1-10-4-3-7-18(8-10)9-13(19)17-14-11(15)5-2-6-12(14)16/h2,5-6,10H,3-4,7-9H2,1H3,(H,17,19). The van der Waals surface area contributed by atoms with Crippen LogP contribution in [0.2, 0.25) is 0 Å². The minimum Gasteiger partial charge on any atom is -0.320 e. The third-order valence-corrected chi connectivity index (χ3v) is 3.34. The van der Waals surface area contributed by atoms with E-state index in [-0.39, 0.29) is 18.1 Å². The maximum atomic E-state index is 13.4. The van der Waals surface area contributed by atoms with Gasteiger partial charge in [-0.25, -0.2) is 8.78 Å². The first kappa shape index (κ1) is 13.9. The van der Waals surface area contributed by atoms with Crippen molar-refractivity contribution in [3.05, 3.63) is 29.8 Å². The van der Waals surface area contributed by atoms with E-state index in [1.807, 2.05) is 4.90 Å². The van der Waals surface area contributed by atoms with E-state index < -0.39 is 11.6 Å². The molecule has 0 radical (unpaired) electrons. The van der Waals surface area contributed by atoms with Gasteiger partial charge >= 0.3 is 0 Å². The molecule has 1 unspecified atom stereocenters. The number of hydrogen-bond acceptors (Lipinski definition) is 2. The smallest absolute Gasteiger partial charge is 0.238 e. The molecule has 1 aromatic carbocycles. The molecular weight excluding hydrogens is 250 g/mol. The Hall–Kier alpha value is -1.49. The molecule has 0 saturated carbocycles. The van der Waals surface area contributed by atoms with E-state index in [0.29, 0.717) is 5.92 Å². The van der Waals surface area contributed by atoms with Crippen LogP contribution in [0.15, 0.2) is 18.2 Å². The van der Waals surface area contributed by atoms with Crippen LogP contribution in [0.4, 0.5) is 14.5 Å². The number of piperidine rings is 1. The topological polar surface area (TPSA) is 32.3 Å². The largest absolute Gasteiger partial charge is 0.320 e. The summed E-state index contributed by atoms with van der Waals surface area (Å²) in [6, 6.07) is 3.52. The molecule has 1 aliphatic heterocycles. The molecule has 1 saturated heterocycles. The number of benzene rings is 1. The van der Waals surface area contributed by atoms with Gasteiger partial charge in [0.15, 0.2) is 0 Å². The van der Waals surface area contributed by atoms with Gasteiger partial charge in [-0.2, -0.15) is 0 Å². The number of nitrogens with zero attached hydrogens (tertiary/aromatic N) is 1. The van der Waals surface area contributed by atoms with Crippen LogP contribution in [0, 0.1) is 17.6 Å². The Morgan fingerprint density at radius 3 is 2.74 bits per heavy atom. The van der Waals surface area contributed by atoms with Gasteiger partial charge < -0.3 is 5.32 Å². The maximum absolute atomic E-state index is 13.4. The summed E-state index contributed by atoms with van der Waals surface area (Å²) >= 11 is 0. The molecule has 0 aromatic heterocycles. The fraction of sp³-hybridized carbons (Fsp3) is 0.500. The zero-order valence-electron chi connectivity index (χ0n) is 11.0. The maximum Gasteiger partial charge on any atom is 0.238 e. The molecule has 1 aliphatic rings. The molecule has 2 rings (SSSR count). The quantitative estimate of drug-likeness (QED) is 0.914. The van der Waals surface area contributed by atoms with Crippen molar-refractivity contribution >= 4 is 11.6 Å². The van der Waals surface area contributed by atoms with Gasteiger partial charge in [0.2, 0.25) is 5.91 Å². The lowest BCUT2D eigenvalue weighted by molar-refractivity contribution is -0.117. The van der Waals surface area contributed by atoms with Gasteiger partial charge in [-0.1, -0.05) is 13.0 Å². The summed E-state index contributed by atoms with van der Waals surface area (Å²) < 4.78 is 26.8. The summed E-state index contributed by atoms with van der Waals surface area (Å²) in [5.74, 6) is -1.31. The average molecular weight is 268 g/mol. The van der Waals surface area contributed by atoms with Crippen LogP contribution in [0.1, 0.15) is 19.8 Å². The third kappa shape index (κ3) is 3.73. The highest BCUT2D eigenvalue weighted by atomic mass is 19.1. The molecule has 1 amide bonds.